The van der Waals surface area contributed by atoms with Gasteiger partial charge in [0.05, 0.1) is 21.3 Å². The van der Waals surface area contributed by atoms with Gasteiger partial charge < -0.3 is 5.32 Å². The number of para-hydroxylation sites is 2. The zero-order valence-electron chi connectivity index (χ0n) is 13.2. The first-order valence-electron chi connectivity index (χ1n) is 7.53. The molecule has 0 saturated heterocycles. The highest BCUT2D eigenvalue weighted by atomic mass is 32.1. The monoisotopic (exact) mass is 356 g/mol. The second kappa shape index (κ2) is 5.82. The molecular weight excluding hydrogens is 343 g/mol. The van der Waals surface area contributed by atoms with E-state index in [1.165, 1.54) is 32.6 Å². The first-order chi connectivity index (χ1) is 12.0. The Labute approximate surface area is 145 Å². The molecule has 0 saturated carbocycles. The molecule has 0 atom stereocenters. The van der Waals surface area contributed by atoms with Gasteiger partial charge in [-0.05, 0) is 30.3 Å². The first kappa shape index (κ1) is 15.5. The summed E-state index contributed by atoms with van der Waals surface area (Å²) in [4.78, 5) is 28.9. The van der Waals surface area contributed by atoms with Gasteiger partial charge in [-0.25, -0.2) is 14.2 Å². The first-order valence-corrected chi connectivity index (χ1v) is 8.35. The zero-order chi connectivity index (χ0) is 17.6. The van der Waals surface area contributed by atoms with Crippen LogP contribution < -0.4 is 11.0 Å². The Morgan fingerprint density at radius 3 is 2.80 bits per heavy atom. The third kappa shape index (κ3) is 2.70. The molecule has 1 N–H and O–H groups in total. The van der Waals surface area contributed by atoms with E-state index in [1.807, 2.05) is 18.2 Å². The number of amides is 1. The van der Waals surface area contributed by atoms with Crippen molar-refractivity contribution in [2.45, 2.75) is 6.54 Å². The summed E-state index contributed by atoms with van der Waals surface area (Å²) in [6.07, 6.45) is 0. The summed E-state index contributed by atoms with van der Waals surface area (Å²) in [6.45, 7) is -0.121. The third-order valence-electron chi connectivity index (χ3n) is 3.95. The highest BCUT2D eigenvalue weighted by Gasteiger charge is 2.14. The normalized spacial score (nSPS) is 11.3. The average Bonchev–Trinajstić information content (AvgIpc) is 3.09. The number of carbonyl (C=O) groups excluding carboxylic acids is 1. The van der Waals surface area contributed by atoms with Crippen molar-refractivity contribution < 1.29 is 9.18 Å². The van der Waals surface area contributed by atoms with E-state index in [-0.39, 0.29) is 24.0 Å². The van der Waals surface area contributed by atoms with Crippen LogP contribution in [0.4, 0.5) is 9.52 Å². The molecule has 0 unspecified atom stereocenters. The number of halogens is 1. The molecule has 8 heteroatoms. The summed E-state index contributed by atoms with van der Waals surface area (Å²) in [6, 6.07) is 11.5. The van der Waals surface area contributed by atoms with Gasteiger partial charge in [0.1, 0.15) is 12.4 Å². The van der Waals surface area contributed by atoms with Gasteiger partial charge in [-0.1, -0.05) is 23.5 Å². The second-order valence-corrected chi connectivity index (χ2v) is 6.63. The zero-order valence-corrected chi connectivity index (χ0v) is 14.0. The molecule has 0 radical (unpaired) electrons. The van der Waals surface area contributed by atoms with Crippen LogP contribution in [0, 0.1) is 5.82 Å². The van der Waals surface area contributed by atoms with Crippen molar-refractivity contribution >= 4 is 43.6 Å². The molecule has 4 rings (SSSR count). The summed E-state index contributed by atoms with van der Waals surface area (Å²) < 4.78 is 16.8. The molecule has 0 aliphatic carbocycles. The Hall–Kier alpha value is -3.00. The fraction of sp³-hybridized carbons (Fsp3) is 0.118. The number of imidazole rings is 1. The lowest BCUT2D eigenvalue weighted by molar-refractivity contribution is -0.116. The van der Waals surface area contributed by atoms with Gasteiger partial charge in [0.15, 0.2) is 5.13 Å². The van der Waals surface area contributed by atoms with Crippen LogP contribution >= 0.6 is 11.3 Å². The van der Waals surface area contributed by atoms with Gasteiger partial charge in [0.2, 0.25) is 5.91 Å². The largest absolute Gasteiger partial charge is 0.329 e. The number of anilines is 1. The predicted octanol–water partition coefficient (Wildman–Crippen LogP) is 2.73. The van der Waals surface area contributed by atoms with E-state index in [2.05, 4.69) is 10.3 Å². The van der Waals surface area contributed by atoms with E-state index in [4.69, 9.17) is 0 Å². The van der Waals surface area contributed by atoms with Crippen molar-refractivity contribution in [2.24, 2.45) is 7.05 Å². The topological polar surface area (TPSA) is 68.9 Å². The van der Waals surface area contributed by atoms with Gasteiger partial charge in [-0.3, -0.25) is 13.9 Å². The molecule has 2 aromatic heterocycles. The molecule has 25 heavy (non-hydrogen) atoms. The summed E-state index contributed by atoms with van der Waals surface area (Å²) in [5.41, 5.74) is 1.80. The molecule has 1 amide bonds. The molecule has 2 aromatic carbocycles. The van der Waals surface area contributed by atoms with Crippen LogP contribution in [-0.2, 0) is 18.4 Å². The van der Waals surface area contributed by atoms with E-state index in [9.17, 15) is 14.0 Å². The Balaban J connectivity index is 1.62. The predicted molar refractivity (Wildman–Crippen MR) is 95.4 cm³/mol. The van der Waals surface area contributed by atoms with Crippen molar-refractivity contribution in [3.05, 3.63) is 58.8 Å². The van der Waals surface area contributed by atoms with Crippen LogP contribution in [0.15, 0.2) is 47.3 Å². The molecule has 0 aliphatic heterocycles. The van der Waals surface area contributed by atoms with Gasteiger partial charge in [0, 0.05) is 7.05 Å². The van der Waals surface area contributed by atoms with Crippen LogP contribution in [0.2, 0.25) is 0 Å². The standard InChI is InChI=1S/C17H13FN4O2S/c1-21-12-4-2-3-5-13(12)22(17(21)24)9-15(23)20-16-19-11-7-6-10(18)8-14(11)25-16/h2-8H,9H2,1H3,(H,19,20,23). The summed E-state index contributed by atoms with van der Waals surface area (Å²) >= 11 is 1.19. The van der Waals surface area contributed by atoms with Crippen LogP contribution in [0.5, 0.6) is 0 Å². The Morgan fingerprint density at radius 1 is 1.24 bits per heavy atom. The number of thiazole rings is 1. The van der Waals surface area contributed by atoms with Gasteiger partial charge in [-0.2, -0.15) is 0 Å². The van der Waals surface area contributed by atoms with E-state index in [0.29, 0.717) is 20.9 Å². The smallest absolute Gasteiger partial charge is 0.300 e. The highest BCUT2D eigenvalue weighted by Crippen LogP contribution is 2.26. The van der Waals surface area contributed by atoms with Crippen LogP contribution in [-0.4, -0.2) is 20.0 Å². The SMILES string of the molecule is Cn1c(=O)n(CC(=O)Nc2nc3ccc(F)cc3s2)c2ccccc21. The second-order valence-electron chi connectivity index (χ2n) is 5.60. The Kier molecular flexibility index (Phi) is 3.61. The van der Waals surface area contributed by atoms with Crippen LogP contribution in [0.25, 0.3) is 21.3 Å². The van der Waals surface area contributed by atoms with Gasteiger partial charge in [0.25, 0.3) is 0 Å². The highest BCUT2D eigenvalue weighted by molar-refractivity contribution is 7.22. The molecule has 4 aromatic rings. The minimum atomic E-state index is -0.363. The maximum absolute atomic E-state index is 13.2. The van der Waals surface area contributed by atoms with Crippen molar-refractivity contribution in [3.63, 3.8) is 0 Å². The minimum Gasteiger partial charge on any atom is -0.300 e. The quantitative estimate of drug-likeness (QED) is 0.614. The number of carbonyl (C=O) groups is 1. The number of hydrogen-bond acceptors (Lipinski definition) is 4. The number of nitrogens with one attached hydrogen (secondary N) is 1. The number of benzene rings is 2. The molecule has 0 fully saturated rings. The summed E-state index contributed by atoms with van der Waals surface area (Å²) in [5, 5.41) is 3.05. The molecular formula is C17H13FN4O2S. The third-order valence-corrected chi connectivity index (χ3v) is 4.88. The molecule has 0 bridgehead atoms. The number of fused-ring (bicyclic) bond motifs is 2. The molecule has 0 spiro atoms. The molecule has 126 valence electrons. The molecule has 0 aliphatic rings. The maximum atomic E-state index is 13.2. The lowest BCUT2D eigenvalue weighted by Gasteiger charge is -2.03. The Bertz CT molecular complexity index is 1170. The van der Waals surface area contributed by atoms with E-state index >= 15 is 0 Å². The number of aryl methyl sites for hydroxylation is 1. The minimum absolute atomic E-state index is 0.121. The molecule has 2 heterocycles. The number of hydrogen-bond donors (Lipinski definition) is 1. The summed E-state index contributed by atoms with van der Waals surface area (Å²) in [7, 11) is 1.67. The van der Waals surface area contributed by atoms with Crippen molar-refractivity contribution in [1.29, 1.82) is 0 Å². The van der Waals surface area contributed by atoms with Crippen molar-refractivity contribution in [1.82, 2.24) is 14.1 Å². The lowest BCUT2D eigenvalue weighted by atomic mass is 10.3. The van der Waals surface area contributed by atoms with E-state index in [0.717, 1.165) is 5.52 Å². The van der Waals surface area contributed by atoms with Crippen molar-refractivity contribution in [3.8, 4) is 0 Å². The van der Waals surface area contributed by atoms with Gasteiger partial charge >= 0.3 is 5.69 Å². The van der Waals surface area contributed by atoms with E-state index in [1.54, 1.807) is 19.2 Å². The van der Waals surface area contributed by atoms with E-state index < -0.39 is 0 Å². The maximum Gasteiger partial charge on any atom is 0.329 e. The Morgan fingerprint density at radius 2 is 2.00 bits per heavy atom. The fourth-order valence-electron chi connectivity index (χ4n) is 2.77. The average molecular weight is 356 g/mol. The lowest BCUT2D eigenvalue weighted by Crippen LogP contribution is -2.28. The summed E-state index contributed by atoms with van der Waals surface area (Å²) in [5.74, 6) is -0.714. The van der Waals surface area contributed by atoms with Crippen LogP contribution in [0.1, 0.15) is 0 Å². The fourth-order valence-corrected chi connectivity index (χ4v) is 3.68. The van der Waals surface area contributed by atoms with Crippen LogP contribution in [0.3, 0.4) is 0 Å². The van der Waals surface area contributed by atoms with Gasteiger partial charge in [-0.15, -0.1) is 0 Å². The van der Waals surface area contributed by atoms with Crippen molar-refractivity contribution in [2.75, 3.05) is 5.32 Å². The number of nitrogens with zero attached hydrogens (tertiary/aromatic N) is 3. The number of rotatable bonds is 3. The number of aromatic nitrogens is 3. The molecule has 6 nitrogen and oxygen atoms in total.